The van der Waals surface area contributed by atoms with Crippen LogP contribution in [0.25, 0.3) is 0 Å². The molecule has 0 aliphatic carbocycles. The van der Waals surface area contributed by atoms with Gasteiger partial charge in [-0.3, -0.25) is 4.68 Å². The van der Waals surface area contributed by atoms with Crippen LogP contribution in [0, 0.1) is 0 Å². The molecular weight excluding hydrogens is 188 g/mol. The van der Waals surface area contributed by atoms with Gasteiger partial charge in [0.05, 0.1) is 5.69 Å². The number of nitrogens with one attached hydrogen (secondary N) is 1. The standard InChI is InChI=1S/C11H14N4/c1-15-9-6-10(14-15)5-8-13-11-4-2-3-7-12-11/h2-4,6-7,9H,5,8H2,1H3,(H,12,13). The van der Waals surface area contributed by atoms with Crippen LogP contribution in [0.5, 0.6) is 0 Å². The predicted molar refractivity (Wildman–Crippen MR) is 59.6 cm³/mol. The van der Waals surface area contributed by atoms with Crippen LogP contribution < -0.4 is 5.32 Å². The molecule has 0 aliphatic rings. The number of aryl methyl sites for hydroxylation is 1. The molecule has 2 rings (SSSR count). The highest BCUT2D eigenvalue weighted by atomic mass is 15.2. The molecule has 0 aromatic carbocycles. The van der Waals surface area contributed by atoms with E-state index in [1.54, 1.807) is 6.20 Å². The molecule has 2 heterocycles. The third-order valence-electron chi connectivity index (χ3n) is 2.12. The smallest absolute Gasteiger partial charge is 0.125 e. The van der Waals surface area contributed by atoms with Crippen molar-refractivity contribution in [3.8, 4) is 0 Å². The van der Waals surface area contributed by atoms with E-state index in [4.69, 9.17) is 0 Å². The average molecular weight is 202 g/mol. The summed E-state index contributed by atoms with van der Waals surface area (Å²) in [7, 11) is 1.93. The molecule has 0 fully saturated rings. The van der Waals surface area contributed by atoms with E-state index in [1.807, 2.05) is 42.2 Å². The fourth-order valence-electron chi connectivity index (χ4n) is 1.38. The Bertz CT molecular complexity index is 408. The van der Waals surface area contributed by atoms with E-state index in [1.165, 1.54) is 0 Å². The summed E-state index contributed by atoms with van der Waals surface area (Å²) < 4.78 is 1.82. The minimum atomic E-state index is 0.855. The lowest BCUT2D eigenvalue weighted by molar-refractivity contribution is 0.742. The van der Waals surface area contributed by atoms with Crippen molar-refractivity contribution in [2.75, 3.05) is 11.9 Å². The van der Waals surface area contributed by atoms with Crippen LogP contribution in [0.1, 0.15) is 5.69 Å². The van der Waals surface area contributed by atoms with Gasteiger partial charge in [-0.15, -0.1) is 0 Å². The van der Waals surface area contributed by atoms with Gasteiger partial charge in [0.1, 0.15) is 5.82 Å². The van der Waals surface area contributed by atoms with Gasteiger partial charge in [0, 0.05) is 32.4 Å². The fraction of sp³-hybridized carbons (Fsp3) is 0.273. The Kier molecular flexibility index (Phi) is 2.97. The summed E-state index contributed by atoms with van der Waals surface area (Å²) in [5.74, 6) is 0.911. The number of anilines is 1. The number of aromatic nitrogens is 3. The molecule has 0 bridgehead atoms. The first-order valence-corrected chi connectivity index (χ1v) is 4.98. The Balaban J connectivity index is 1.80. The summed E-state index contributed by atoms with van der Waals surface area (Å²) in [5.41, 5.74) is 1.10. The van der Waals surface area contributed by atoms with E-state index < -0.39 is 0 Å². The maximum Gasteiger partial charge on any atom is 0.125 e. The number of hydrogen-bond donors (Lipinski definition) is 1. The molecular formula is C11H14N4. The van der Waals surface area contributed by atoms with Crippen LogP contribution in [0.2, 0.25) is 0 Å². The monoisotopic (exact) mass is 202 g/mol. The Labute approximate surface area is 89.0 Å². The lowest BCUT2D eigenvalue weighted by Gasteiger charge is -2.02. The van der Waals surface area contributed by atoms with Crippen molar-refractivity contribution in [1.29, 1.82) is 0 Å². The maximum atomic E-state index is 4.30. The van der Waals surface area contributed by atoms with E-state index in [2.05, 4.69) is 15.4 Å². The molecule has 1 N–H and O–H groups in total. The molecule has 0 amide bonds. The van der Waals surface area contributed by atoms with Gasteiger partial charge in [0.2, 0.25) is 0 Å². The topological polar surface area (TPSA) is 42.7 Å². The summed E-state index contributed by atoms with van der Waals surface area (Å²) in [6, 6.07) is 7.86. The quantitative estimate of drug-likeness (QED) is 0.816. The summed E-state index contributed by atoms with van der Waals surface area (Å²) in [5, 5.41) is 7.54. The first-order chi connectivity index (χ1) is 7.34. The van der Waals surface area contributed by atoms with Crippen molar-refractivity contribution in [2.24, 2.45) is 7.05 Å². The van der Waals surface area contributed by atoms with Crippen molar-refractivity contribution >= 4 is 5.82 Å². The zero-order chi connectivity index (χ0) is 10.5. The molecule has 0 aliphatic heterocycles. The Morgan fingerprint density at radius 2 is 2.27 bits per heavy atom. The van der Waals surface area contributed by atoms with Gasteiger partial charge in [-0.25, -0.2) is 4.98 Å². The van der Waals surface area contributed by atoms with Crippen LogP contribution in [-0.2, 0) is 13.5 Å². The van der Waals surface area contributed by atoms with Gasteiger partial charge in [-0.2, -0.15) is 5.10 Å². The van der Waals surface area contributed by atoms with E-state index in [-0.39, 0.29) is 0 Å². The van der Waals surface area contributed by atoms with E-state index in [0.717, 1.165) is 24.5 Å². The lowest BCUT2D eigenvalue weighted by Crippen LogP contribution is -2.06. The van der Waals surface area contributed by atoms with E-state index in [9.17, 15) is 0 Å². The minimum Gasteiger partial charge on any atom is -0.370 e. The van der Waals surface area contributed by atoms with Gasteiger partial charge in [0.15, 0.2) is 0 Å². The van der Waals surface area contributed by atoms with Gasteiger partial charge in [0.25, 0.3) is 0 Å². The predicted octanol–water partition coefficient (Wildman–Crippen LogP) is 1.47. The molecule has 15 heavy (non-hydrogen) atoms. The van der Waals surface area contributed by atoms with Crippen molar-refractivity contribution in [2.45, 2.75) is 6.42 Å². The van der Waals surface area contributed by atoms with Crippen molar-refractivity contribution < 1.29 is 0 Å². The first kappa shape index (κ1) is 9.71. The number of pyridine rings is 1. The second-order valence-corrected chi connectivity index (χ2v) is 3.37. The Morgan fingerprint density at radius 1 is 1.33 bits per heavy atom. The number of rotatable bonds is 4. The van der Waals surface area contributed by atoms with Crippen molar-refractivity contribution in [1.82, 2.24) is 14.8 Å². The molecule has 2 aromatic rings. The molecule has 78 valence electrons. The maximum absolute atomic E-state index is 4.30. The summed E-state index contributed by atoms with van der Waals surface area (Å²) in [4.78, 5) is 4.18. The minimum absolute atomic E-state index is 0.855. The molecule has 0 saturated heterocycles. The van der Waals surface area contributed by atoms with Gasteiger partial charge < -0.3 is 5.32 Å². The molecule has 0 saturated carbocycles. The Hall–Kier alpha value is -1.84. The molecule has 2 aromatic heterocycles. The summed E-state index contributed by atoms with van der Waals surface area (Å²) >= 11 is 0. The third-order valence-corrected chi connectivity index (χ3v) is 2.12. The van der Waals surface area contributed by atoms with Crippen LogP contribution in [0.15, 0.2) is 36.7 Å². The SMILES string of the molecule is Cn1ccc(CCNc2ccccn2)n1. The van der Waals surface area contributed by atoms with Crippen molar-refractivity contribution in [3.63, 3.8) is 0 Å². The zero-order valence-corrected chi connectivity index (χ0v) is 8.72. The molecule has 0 radical (unpaired) electrons. The molecule has 0 spiro atoms. The Morgan fingerprint density at radius 3 is 2.93 bits per heavy atom. The summed E-state index contributed by atoms with van der Waals surface area (Å²) in [6.45, 7) is 0.855. The number of nitrogens with zero attached hydrogens (tertiary/aromatic N) is 3. The van der Waals surface area contributed by atoms with E-state index in [0.29, 0.717) is 0 Å². The van der Waals surface area contributed by atoms with Crippen LogP contribution >= 0.6 is 0 Å². The lowest BCUT2D eigenvalue weighted by atomic mass is 10.3. The fourth-order valence-corrected chi connectivity index (χ4v) is 1.38. The first-order valence-electron chi connectivity index (χ1n) is 4.98. The molecule has 4 heteroatoms. The molecule has 4 nitrogen and oxygen atoms in total. The highest BCUT2D eigenvalue weighted by molar-refractivity contribution is 5.33. The van der Waals surface area contributed by atoms with Crippen LogP contribution in [-0.4, -0.2) is 21.3 Å². The molecule has 0 atom stereocenters. The number of hydrogen-bond acceptors (Lipinski definition) is 3. The highest BCUT2D eigenvalue weighted by Crippen LogP contribution is 2.01. The van der Waals surface area contributed by atoms with Crippen LogP contribution in [0.3, 0.4) is 0 Å². The highest BCUT2D eigenvalue weighted by Gasteiger charge is 1.96. The summed E-state index contributed by atoms with van der Waals surface area (Å²) in [6.07, 6.45) is 4.65. The van der Waals surface area contributed by atoms with Gasteiger partial charge in [-0.1, -0.05) is 6.07 Å². The normalized spacial score (nSPS) is 10.2. The van der Waals surface area contributed by atoms with Crippen molar-refractivity contribution in [3.05, 3.63) is 42.4 Å². The third kappa shape index (κ3) is 2.80. The second-order valence-electron chi connectivity index (χ2n) is 3.37. The van der Waals surface area contributed by atoms with Gasteiger partial charge in [-0.05, 0) is 18.2 Å². The average Bonchev–Trinajstić information content (AvgIpc) is 2.66. The molecule has 0 unspecified atom stereocenters. The van der Waals surface area contributed by atoms with Gasteiger partial charge >= 0.3 is 0 Å². The largest absolute Gasteiger partial charge is 0.370 e. The second kappa shape index (κ2) is 4.59. The van der Waals surface area contributed by atoms with E-state index >= 15 is 0 Å². The van der Waals surface area contributed by atoms with Crippen LogP contribution in [0.4, 0.5) is 5.82 Å². The zero-order valence-electron chi connectivity index (χ0n) is 8.72.